The molecule has 3 rings (SSSR count). The van der Waals surface area contributed by atoms with Crippen molar-refractivity contribution in [1.82, 2.24) is 10.2 Å². The number of nitrogens with zero attached hydrogens (tertiary/aromatic N) is 2. The minimum Gasteiger partial charge on any atom is -0.493 e. The molecule has 0 aliphatic carbocycles. The van der Waals surface area contributed by atoms with Gasteiger partial charge in [-0.25, -0.2) is 0 Å². The first-order valence-corrected chi connectivity index (χ1v) is 10.3. The molecule has 1 aromatic heterocycles. The minimum atomic E-state index is 0. The van der Waals surface area contributed by atoms with Crippen molar-refractivity contribution in [2.24, 2.45) is 4.99 Å². The van der Waals surface area contributed by atoms with Gasteiger partial charge in [-0.2, -0.15) is 0 Å². The first kappa shape index (κ1) is 24.3. The second-order valence-electron chi connectivity index (χ2n) is 7.00. The van der Waals surface area contributed by atoms with Gasteiger partial charge in [0.05, 0.1) is 26.0 Å². The van der Waals surface area contributed by atoms with Gasteiger partial charge < -0.3 is 24.5 Å². The highest BCUT2D eigenvalue weighted by Crippen LogP contribution is 2.30. The molecular weight excluding hydrogens is 495 g/mol. The zero-order valence-electron chi connectivity index (χ0n) is 18.0. The van der Waals surface area contributed by atoms with Crippen LogP contribution >= 0.6 is 24.0 Å². The van der Waals surface area contributed by atoms with Crippen molar-refractivity contribution < 1.29 is 13.9 Å². The van der Waals surface area contributed by atoms with Crippen LogP contribution in [0.4, 0.5) is 5.69 Å². The number of aliphatic imine (C=N–C) groups is 1. The van der Waals surface area contributed by atoms with E-state index < -0.39 is 0 Å². The van der Waals surface area contributed by atoms with E-state index in [0.29, 0.717) is 24.9 Å². The summed E-state index contributed by atoms with van der Waals surface area (Å²) in [7, 11) is 3.41. The molecular formula is C22H33IN4O3. The van der Waals surface area contributed by atoms with Gasteiger partial charge in [-0.15, -0.1) is 24.0 Å². The molecule has 1 unspecified atom stereocenters. The summed E-state index contributed by atoms with van der Waals surface area (Å²) < 4.78 is 16.8. The number of guanidine groups is 1. The number of likely N-dealkylation sites (tertiary alicyclic amines) is 1. The number of hydrogen-bond donors (Lipinski definition) is 2. The summed E-state index contributed by atoms with van der Waals surface area (Å²) in [5.41, 5.74) is 0.880. The molecule has 1 aliphatic rings. The predicted octanol–water partition coefficient (Wildman–Crippen LogP) is 4.52. The Kier molecular flexibility index (Phi) is 10.3. The Bertz CT molecular complexity index is 777. The second kappa shape index (κ2) is 12.7. The van der Waals surface area contributed by atoms with Crippen LogP contribution in [0.1, 0.15) is 38.0 Å². The van der Waals surface area contributed by atoms with Gasteiger partial charge in [0.2, 0.25) is 0 Å². The number of halogens is 1. The van der Waals surface area contributed by atoms with Gasteiger partial charge in [-0.05, 0) is 57.1 Å². The number of hydrogen-bond acceptors (Lipinski definition) is 5. The van der Waals surface area contributed by atoms with E-state index >= 15 is 0 Å². The van der Waals surface area contributed by atoms with Crippen LogP contribution in [0.3, 0.4) is 0 Å². The number of methoxy groups -OCH3 is 1. The van der Waals surface area contributed by atoms with Gasteiger partial charge in [0.25, 0.3) is 0 Å². The van der Waals surface area contributed by atoms with E-state index in [9.17, 15) is 0 Å². The van der Waals surface area contributed by atoms with Crippen molar-refractivity contribution in [3.63, 3.8) is 0 Å². The number of furan rings is 1. The number of ether oxygens (including phenoxy) is 2. The number of anilines is 1. The molecule has 0 amide bonds. The molecule has 2 heterocycles. The summed E-state index contributed by atoms with van der Waals surface area (Å²) in [5, 5.41) is 6.78. The molecule has 0 radical (unpaired) electrons. The van der Waals surface area contributed by atoms with E-state index in [2.05, 4.69) is 26.6 Å². The molecule has 0 spiro atoms. The molecule has 1 aromatic carbocycles. The zero-order valence-corrected chi connectivity index (χ0v) is 20.3. The van der Waals surface area contributed by atoms with Crippen LogP contribution in [0.2, 0.25) is 0 Å². The molecule has 1 fully saturated rings. The van der Waals surface area contributed by atoms with E-state index in [0.717, 1.165) is 30.3 Å². The predicted molar refractivity (Wildman–Crippen MR) is 131 cm³/mol. The fourth-order valence-corrected chi connectivity index (χ4v) is 3.65. The lowest BCUT2D eigenvalue weighted by molar-refractivity contribution is 0.146. The highest BCUT2D eigenvalue weighted by molar-refractivity contribution is 14.0. The number of piperidine rings is 1. The summed E-state index contributed by atoms with van der Waals surface area (Å²) >= 11 is 0. The molecule has 1 atom stereocenters. The first-order valence-electron chi connectivity index (χ1n) is 10.3. The lowest BCUT2D eigenvalue weighted by atomic mass is 10.1. The molecule has 7 nitrogen and oxygen atoms in total. The van der Waals surface area contributed by atoms with Crippen molar-refractivity contribution in [2.45, 2.75) is 32.2 Å². The lowest BCUT2D eigenvalue weighted by Crippen LogP contribution is -2.42. The second-order valence-corrected chi connectivity index (χ2v) is 7.00. The van der Waals surface area contributed by atoms with Crippen LogP contribution in [0.25, 0.3) is 0 Å². The van der Waals surface area contributed by atoms with E-state index in [1.54, 1.807) is 20.4 Å². The third kappa shape index (κ3) is 6.53. The first-order chi connectivity index (χ1) is 14.2. The maximum absolute atomic E-state index is 5.73. The van der Waals surface area contributed by atoms with Gasteiger partial charge in [0.15, 0.2) is 17.5 Å². The van der Waals surface area contributed by atoms with Gasteiger partial charge in [0, 0.05) is 25.3 Å². The van der Waals surface area contributed by atoms with E-state index in [1.807, 2.05) is 31.2 Å². The topological polar surface area (TPSA) is 71.3 Å². The van der Waals surface area contributed by atoms with E-state index in [-0.39, 0.29) is 30.0 Å². The summed E-state index contributed by atoms with van der Waals surface area (Å²) in [6.45, 7) is 5.44. The van der Waals surface area contributed by atoms with E-state index in [4.69, 9.17) is 13.9 Å². The molecule has 0 bridgehead atoms. The highest BCUT2D eigenvalue weighted by atomic mass is 127. The van der Waals surface area contributed by atoms with E-state index in [1.165, 1.54) is 19.3 Å². The van der Waals surface area contributed by atoms with Crippen molar-refractivity contribution in [1.29, 1.82) is 0 Å². The van der Waals surface area contributed by atoms with Gasteiger partial charge in [-0.1, -0.05) is 6.42 Å². The Morgan fingerprint density at radius 3 is 2.63 bits per heavy atom. The lowest BCUT2D eigenvalue weighted by Gasteiger charge is -2.33. The van der Waals surface area contributed by atoms with Crippen LogP contribution in [-0.2, 0) is 0 Å². The van der Waals surface area contributed by atoms with Crippen LogP contribution < -0.4 is 20.1 Å². The SMILES string of the molecule is CCOc1ccc(NC(=NC)NCC(c2ccco2)N2CCCCC2)cc1OC.I. The fraction of sp³-hybridized carbons (Fsp3) is 0.500. The molecule has 2 aromatic rings. The third-order valence-corrected chi connectivity index (χ3v) is 5.12. The standard InChI is InChI=1S/C22H32N4O3.HI/c1-4-28-20-11-10-17(15-21(20)27-3)25-22(23-2)24-16-18(19-9-8-14-29-19)26-12-6-5-7-13-26;/h8-11,14-15,18H,4-7,12-13,16H2,1-3H3,(H2,23,24,25);1H. The molecule has 2 N–H and O–H groups in total. The maximum Gasteiger partial charge on any atom is 0.195 e. The summed E-state index contributed by atoms with van der Waals surface area (Å²) in [6, 6.07) is 9.94. The van der Waals surface area contributed by atoms with Gasteiger partial charge >= 0.3 is 0 Å². The third-order valence-electron chi connectivity index (χ3n) is 5.12. The van der Waals surface area contributed by atoms with Crippen molar-refractivity contribution in [3.8, 4) is 11.5 Å². The van der Waals surface area contributed by atoms with Crippen LogP contribution in [0.15, 0.2) is 46.0 Å². The quantitative estimate of drug-likeness (QED) is 0.298. The molecule has 1 saturated heterocycles. The molecule has 166 valence electrons. The number of nitrogens with one attached hydrogen (secondary N) is 2. The maximum atomic E-state index is 5.73. The molecule has 0 saturated carbocycles. The van der Waals surface area contributed by atoms with Crippen LogP contribution in [-0.4, -0.2) is 51.3 Å². The molecule has 8 heteroatoms. The van der Waals surface area contributed by atoms with Crippen LogP contribution in [0.5, 0.6) is 11.5 Å². The Morgan fingerprint density at radius 1 is 1.20 bits per heavy atom. The molecule has 30 heavy (non-hydrogen) atoms. The summed E-state index contributed by atoms with van der Waals surface area (Å²) in [5.74, 6) is 3.10. The van der Waals surface area contributed by atoms with Crippen molar-refractivity contribution >= 4 is 35.6 Å². The van der Waals surface area contributed by atoms with Gasteiger partial charge in [0.1, 0.15) is 5.76 Å². The fourth-order valence-electron chi connectivity index (χ4n) is 3.65. The molecule has 1 aliphatic heterocycles. The zero-order chi connectivity index (χ0) is 20.5. The Balaban J connectivity index is 0.00000320. The van der Waals surface area contributed by atoms with Crippen LogP contribution in [0, 0.1) is 0 Å². The average molecular weight is 528 g/mol. The Labute approximate surface area is 196 Å². The minimum absolute atomic E-state index is 0. The smallest absolute Gasteiger partial charge is 0.195 e. The largest absolute Gasteiger partial charge is 0.493 e. The highest BCUT2D eigenvalue weighted by Gasteiger charge is 2.24. The van der Waals surface area contributed by atoms with Crippen molar-refractivity contribution in [2.75, 3.05) is 45.7 Å². The van der Waals surface area contributed by atoms with Gasteiger partial charge in [-0.3, -0.25) is 9.89 Å². The Morgan fingerprint density at radius 2 is 2.00 bits per heavy atom. The number of rotatable bonds is 8. The average Bonchev–Trinajstić information content (AvgIpc) is 3.29. The van der Waals surface area contributed by atoms with Crippen molar-refractivity contribution in [3.05, 3.63) is 42.4 Å². The normalized spacial score (nSPS) is 15.8. The monoisotopic (exact) mass is 528 g/mol. The summed E-state index contributed by atoms with van der Waals surface area (Å²) in [6.07, 6.45) is 5.51. The number of benzene rings is 1. The Hall–Kier alpha value is -1.94. The summed E-state index contributed by atoms with van der Waals surface area (Å²) in [4.78, 5) is 6.86.